The maximum Gasteiger partial charge on any atom is 0.266 e. The molecule has 1 aromatic heterocycles. The maximum absolute atomic E-state index is 13.2. The highest BCUT2D eigenvalue weighted by molar-refractivity contribution is 5.85. The Hall–Kier alpha value is -3.22. The zero-order chi connectivity index (χ0) is 22.7. The standard InChI is InChI=1S/C25H26F2N2O3/c1-25(2,32-21-11-9-20(27)10-12-21)24(30)29-13-3-4-18(16-29)23-28-15-22(31-23)14-17-5-7-19(26)8-6-17/h5-12,15,18H,3-4,13-14,16H2,1-2H3/t18-/m1/s1. The van der Waals surface area contributed by atoms with Gasteiger partial charge in [-0.15, -0.1) is 0 Å². The Morgan fingerprint density at radius 1 is 1.12 bits per heavy atom. The highest BCUT2D eigenvalue weighted by atomic mass is 19.1. The SMILES string of the molecule is CC(C)(Oc1ccc(F)cc1)C(=O)N1CCC[C@@H](c2ncc(Cc3ccc(F)cc3)o2)C1. The number of aromatic nitrogens is 1. The minimum absolute atomic E-state index is 0.00344. The topological polar surface area (TPSA) is 55.6 Å². The first-order valence-electron chi connectivity index (χ1n) is 10.7. The lowest BCUT2D eigenvalue weighted by atomic mass is 9.96. The van der Waals surface area contributed by atoms with Gasteiger partial charge in [-0.1, -0.05) is 12.1 Å². The second-order valence-electron chi connectivity index (χ2n) is 8.62. The number of piperidine rings is 1. The van der Waals surface area contributed by atoms with E-state index in [1.54, 1.807) is 37.1 Å². The molecule has 0 radical (unpaired) electrons. The lowest BCUT2D eigenvalue weighted by Crippen LogP contribution is -2.51. The molecule has 0 saturated carbocycles. The lowest BCUT2D eigenvalue weighted by Gasteiger charge is -2.36. The van der Waals surface area contributed by atoms with Gasteiger partial charge in [0.05, 0.1) is 12.1 Å². The van der Waals surface area contributed by atoms with Crippen molar-refractivity contribution in [2.75, 3.05) is 13.1 Å². The molecule has 168 valence electrons. The van der Waals surface area contributed by atoms with E-state index in [0.29, 0.717) is 36.9 Å². The molecule has 1 aliphatic rings. The summed E-state index contributed by atoms with van der Waals surface area (Å²) in [5.41, 5.74) is -0.154. The number of benzene rings is 2. The van der Waals surface area contributed by atoms with E-state index in [4.69, 9.17) is 9.15 Å². The van der Waals surface area contributed by atoms with Gasteiger partial charge in [0.1, 0.15) is 23.1 Å². The predicted molar refractivity (Wildman–Crippen MR) is 115 cm³/mol. The first-order chi connectivity index (χ1) is 15.3. The third kappa shape index (κ3) is 5.15. The second-order valence-corrected chi connectivity index (χ2v) is 8.62. The van der Waals surface area contributed by atoms with Crippen molar-refractivity contribution in [2.45, 2.75) is 44.6 Å². The van der Waals surface area contributed by atoms with Gasteiger partial charge < -0.3 is 14.1 Å². The number of amides is 1. The summed E-state index contributed by atoms with van der Waals surface area (Å²) in [5.74, 6) is 0.986. The van der Waals surface area contributed by atoms with Crippen LogP contribution >= 0.6 is 0 Å². The minimum Gasteiger partial charge on any atom is -0.478 e. The quantitative estimate of drug-likeness (QED) is 0.535. The Kier molecular flexibility index (Phi) is 6.26. The van der Waals surface area contributed by atoms with Crippen molar-refractivity contribution in [2.24, 2.45) is 0 Å². The Morgan fingerprint density at radius 3 is 2.47 bits per heavy atom. The summed E-state index contributed by atoms with van der Waals surface area (Å²) in [5, 5.41) is 0. The second kappa shape index (κ2) is 9.10. The lowest BCUT2D eigenvalue weighted by molar-refractivity contribution is -0.146. The van der Waals surface area contributed by atoms with Crippen molar-refractivity contribution in [1.29, 1.82) is 0 Å². The van der Waals surface area contributed by atoms with Crippen LogP contribution in [0.1, 0.15) is 49.8 Å². The van der Waals surface area contributed by atoms with Gasteiger partial charge in [-0.2, -0.15) is 0 Å². The fourth-order valence-corrected chi connectivity index (χ4v) is 3.98. The monoisotopic (exact) mass is 440 g/mol. The van der Waals surface area contributed by atoms with E-state index in [2.05, 4.69) is 4.98 Å². The third-order valence-electron chi connectivity index (χ3n) is 5.62. The summed E-state index contributed by atoms with van der Waals surface area (Å²) >= 11 is 0. The van der Waals surface area contributed by atoms with Crippen LogP contribution in [0.2, 0.25) is 0 Å². The predicted octanol–water partition coefficient (Wildman–Crippen LogP) is 5.11. The molecule has 4 rings (SSSR count). The number of carbonyl (C=O) groups excluding carboxylic acids is 1. The maximum atomic E-state index is 13.2. The summed E-state index contributed by atoms with van der Waals surface area (Å²) in [7, 11) is 0. The van der Waals surface area contributed by atoms with Crippen LogP contribution in [0.3, 0.4) is 0 Å². The molecule has 7 heteroatoms. The molecule has 0 spiro atoms. The van der Waals surface area contributed by atoms with E-state index < -0.39 is 5.60 Å². The van der Waals surface area contributed by atoms with Crippen LogP contribution < -0.4 is 4.74 Å². The van der Waals surface area contributed by atoms with Gasteiger partial charge >= 0.3 is 0 Å². The van der Waals surface area contributed by atoms with E-state index in [9.17, 15) is 13.6 Å². The fraction of sp³-hybridized carbons (Fsp3) is 0.360. The number of carbonyl (C=O) groups is 1. The largest absolute Gasteiger partial charge is 0.478 e. The van der Waals surface area contributed by atoms with Crippen LogP contribution in [-0.4, -0.2) is 34.5 Å². The van der Waals surface area contributed by atoms with Crippen LogP contribution in [0.5, 0.6) is 5.75 Å². The van der Waals surface area contributed by atoms with Crippen molar-refractivity contribution in [3.8, 4) is 5.75 Å². The zero-order valence-corrected chi connectivity index (χ0v) is 18.2. The van der Waals surface area contributed by atoms with Crippen LogP contribution in [-0.2, 0) is 11.2 Å². The molecule has 2 heterocycles. The smallest absolute Gasteiger partial charge is 0.266 e. The minimum atomic E-state index is -1.09. The summed E-state index contributed by atoms with van der Waals surface area (Å²) < 4.78 is 38.1. The molecular formula is C25H26F2N2O3. The van der Waals surface area contributed by atoms with E-state index in [1.807, 2.05) is 0 Å². The third-order valence-corrected chi connectivity index (χ3v) is 5.62. The Balaban J connectivity index is 1.40. The zero-order valence-electron chi connectivity index (χ0n) is 18.2. The van der Waals surface area contributed by atoms with Gasteiger partial charge in [0.15, 0.2) is 11.5 Å². The van der Waals surface area contributed by atoms with Crippen molar-refractivity contribution in [1.82, 2.24) is 9.88 Å². The molecule has 0 N–H and O–H groups in total. The number of hydrogen-bond acceptors (Lipinski definition) is 4. The van der Waals surface area contributed by atoms with Crippen molar-refractivity contribution < 1.29 is 22.7 Å². The van der Waals surface area contributed by atoms with Gasteiger partial charge in [0.2, 0.25) is 0 Å². The molecule has 32 heavy (non-hydrogen) atoms. The van der Waals surface area contributed by atoms with Crippen LogP contribution in [0.25, 0.3) is 0 Å². The average Bonchev–Trinajstić information content (AvgIpc) is 3.25. The molecular weight excluding hydrogens is 414 g/mol. The molecule has 1 fully saturated rings. The van der Waals surface area contributed by atoms with Crippen LogP contribution in [0.15, 0.2) is 59.1 Å². The summed E-state index contributed by atoms with van der Waals surface area (Å²) in [6.45, 7) is 4.56. The molecule has 2 aromatic carbocycles. The number of halogens is 2. The van der Waals surface area contributed by atoms with E-state index in [0.717, 1.165) is 18.4 Å². The first kappa shape index (κ1) is 22.0. The number of rotatable bonds is 6. The van der Waals surface area contributed by atoms with Gasteiger partial charge in [0.25, 0.3) is 5.91 Å². The van der Waals surface area contributed by atoms with Gasteiger partial charge in [-0.25, -0.2) is 13.8 Å². The molecule has 1 amide bonds. The summed E-state index contributed by atoms with van der Waals surface area (Å²) in [4.78, 5) is 19.4. The molecule has 0 unspecified atom stereocenters. The Labute approximate surface area is 186 Å². The van der Waals surface area contributed by atoms with Gasteiger partial charge in [-0.05, 0) is 68.7 Å². The first-order valence-corrected chi connectivity index (χ1v) is 10.7. The molecule has 3 aromatic rings. The number of hydrogen-bond donors (Lipinski definition) is 0. The van der Waals surface area contributed by atoms with Gasteiger partial charge in [0, 0.05) is 19.5 Å². The van der Waals surface area contributed by atoms with Crippen LogP contribution in [0.4, 0.5) is 8.78 Å². The highest BCUT2D eigenvalue weighted by Crippen LogP contribution is 2.29. The highest BCUT2D eigenvalue weighted by Gasteiger charge is 2.37. The number of ether oxygens (including phenoxy) is 1. The van der Waals surface area contributed by atoms with Crippen LogP contribution in [0, 0.1) is 11.6 Å². The molecule has 5 nitrogen and oxygen atoms in total. The normalized spacial score (nSPS) is 16.8. The Bertz CT molecular complexity index is 1060. The van der Waals surface area contributed by atoms with E-state index in [1.165, 1.54) is 36.4 Å². The molecule has 0 aliphatic carbocycles. The van der Waals surface area contributed by atoms with Gasteiger partial charge in [-0.3, -0.25) is 4.79 Å². The number of likely N-dealkylation sites (tertiary alicyclic amines) is 1. The molecule has 1 aliphatic heterocycles. The molecule has 0 bridgehead atoms. The van der Waals surface area contributed by atoms with Crippen molar-refractivity contribution in [3.05, 3.63) is 83.6 Å². The average molecular weight is 440 g/mol. The molecule has 1 saturated heterocycles. The molecule has 1 atom stereocenters. The van der Waals surface area contributed by atoms with E-state index in [-0.39, 0.29) is 23.5 Å². The fourth-order valence-electron chi connectivity index (χ4n) is 3.98. The Morgan fingerprint density at radius 2 is 1.78 bits per heavy atom. The summed E-state index contributed by atoms with van der Waals surface area (Å²) in [6.07, 6.45) is 3.93. The number of oxazole rings is 1. The van der Waals surface area contributed by atoms with E-state index >= 15 is 0 Å². The van der Waals surface area contributed by atoms with Crippen molar-refractivity contribution in [3.63, 3.8) is 0 Å². The number of nitrogens with zero attached hydrogens (tertiary/aromatic N) is 2. The summed E-state index contributed by atoms with van der Waals surface area (Å²) in [6, 6.07) is 11.9. The van der Waals surface area contributed by atoms with Crippen molar-refractivity contribution >= 4 is 5.91 Å².